The van der Waals surface area contributed by atoms with Crippen molar-refractivity contribution >= 4 is 5.57 Å². The van der Waals surface area contributed by atoms with Crippen molar-refractivity contribution < 1.29 is 8.78 Å². The Morgan fingerprint density at radius 3 is 2.36 bits per heavy atom. The van der Waals surface area contributed by atoms with Gasteiger partial charge < -0.3 is 0 Å². The molecule has 0 aromatic heterocycles. The van der Waals surface area contributed by atoms with Crippen molar-refractivity contribution in [3.8, 4) is 0 Å². The molecule has 2 heteroatoms. The summed E-state index contributed by atoms with van der Waals surface area (Å²) in [6.07, 6.45) is 10.2. The summed E-state index contributed by atoms with van der Waals surface area (Å²) in [7, 11) is 0. The van der Waals surface area contributed by atoms with Crippen LogP contribution < -0.4 is 0 Å². The summed E-state index contributed by atoms with van der Waals surface area (Å²) in [4.78, 5) is 0. The van der Waals surface area contributed by atoms with Gasteiger partial charge in [0.1, 0.15) is 11.5 Å². The molecule has 1 aromatic carbocycles. The van der Waals surface area contributed by atoms with Gasteiger partial charge in [-0.1, -0.05) is 75.4 Å². The van der Waals surface area contributed by atoms with Crippen LogP contribution in [0.5, 0.6) is 0 Å². The maximum atomic E-state index is 14.7. The molecule has 0 bridgehead atoms. The first-order chi connectivity index (χ1) is 10.6. The van der Waals surface area contributed by atoms with Crippen LogP contribution in [0.2, 0.25) is 0 Å². The van der Waals surface area contributed by atoms with Crippen molar-refractivity contribution in [2.75, 3.05) is 0 Å². The SMILES string of the molecule is CCCCCCCCC1(F)C=CC(c2ccccc2)=C(F)C1. The Balaban J connectivity index is 1.86. The first-order valence-corrected chi connectivity index (χ1v) is 8.47. The first kappa shape index (κ1) is 16.9. The number of hydrogen-bond acceptors (Lipinski definition) is 0. The summed E-state index contributed by atoms with van der Waals surface area (Å²) in [5.41, 5.74) is -0.165. The number of alkyl halides is 1. The van der Waals surface area contributed by atoms with Crippen LogP contribution >= 0.6 is 0 Å². The van der Waals surface area contributed by atoms with Gasteiger partial charge in [-0.05, 0) is 24.5 Å². The Kier molecular flexibility index (Phi) is 6.35. The molecule has 1 aliphatic rings. The van der Waals surface area contributed by atoms with E-state index in [4.69, 9.17) is 0 Å². The van der Waals surface area contributed by atoms with Gasteiger partial charge in [0.15, 0.2) is 0 Å². The van der Waals surface area contributed by atoms with Gasteiger partial charge in [-0.2, -0.15) is 0 Å². The lowest BCUT2D eigenvalue weighted by atomic mass is 9.86. The Labute approximate surface area is 132 Å². The lowest BCUT2D eigenvalue weighted by molar-refractivity contribution is 0.194. The maximum Gasteiger partial charge on any atom is 0.135 e. The molecule has 0 fully saturated rings. The third-order valence-electron chi connectivity index (χ3n) is 4.32. The minimum Gasteiger partial charge on any atom is -0.239 e. The molecule has 1 aliphatic carbocycles. The van der Waals surface area contributed by atoms with E-state index in [1.807, 2.05) is 30.3 Å². The van der Waals surface area contributed by atoms with Crippen LogP contribution in [0.3, 0.4) is 0 Å². The van der Waals surface area contributed by atoms with Crippen LogP contribution in [0.15, 0.2) is 48.3 Å². The van der Waals surface area contributed by atoms with Crippen molar-refractivity contribution in [1.82, 2.24) is 0 Å². The van der Waals surface area contributed by atoms with Gasteiger partial charge in [0, 0.05) is 12.0 Å². The highest BCUT2D eigenvalue weighted by Crippen LogP contribution is 2.38. The second kappa shape index (κ2) is 8.26. The van der Waals surface area contributed by atoms with E-state index in [1.165, 1.54) is 19.3 Å². The van der Waals surface area contributed by atoms with Crippen molar-refractivity contribution in [1.29, 1.82) is 0 Å². The summed E-state index contributed by atoms with van der Waals surface area (Å²) in [6.45, 7) is 2.18. The molecule has 0 saturated carbocycles. The van der Waals surface area contributed by atoms with Crippen LogP contribution in [0, 0.1) is 0 Å². The Morgan fingerprint density at radius 2 is 1.68 bits per heavy atom. The van der Waals surface area contributed by atoms with Crippen molar-refractivity contribution in [2.45, 2.75) is 64.0 Å². The predicted molar refractivity (Wildman–Crippen MR) is 90.1 cm³/mol. The van der Waals surface area contributed by atoms with E-state index >= 15 is 0 Å². The van der Waals surface area contributed by atoms with Gasteiger partial charge in [-0.3, -0.25) is 0 Å². The van der Waals surface area contributed by atoms with E-state index in [0.29, 0.717) is 12.0 Å². The summed E-state index contributed by atoms with van der Waals surface area (Å²) >= 11 is 0. The van der Waals surface area contributed by atoms with Crippen LogP contribution in [0.4, 0.5) is 8.78 Å². The number of rotatable bonds is 8. The molecule has 0 radical (unpaired) electrons. The molecule has 22 heavy (non-hydrogen) atoms. The fourth-order valence-corrected chi connectivity index (χ4v) is 2.98. The second-order valence-corrected chi connectivity index (χ2v) is 6.25. The lowest BCUT2D eigenvalue weighted by Gasteiger charge is -2.25. The molecule has 1 atom stereocenters. The largest absolute Gasteiger partial charge is 0.239 e. The highest BCUT2D eigenvalue weighted by molar-refractivity contribution is 5.77. The number of hydrogen-bond donors (Lipinski definition) is 0. The van der Waals surface area contributed by atoms with Gasteiger partial charge in [0.05, 0.1) is 0 Å². The van der Waals surface area contributed by atoms with Gasteiger partial charge >= 0.3 is 0 Å². The molecule has 0 spiro atoms. The summed E-state index contributed by atoms with van der Waals surface area (Å²) in [5, 5.41) is 0. The van der Waals surface area contributed by atoms with Gasteiger partial charge in [0.2, 0.25) is 0 Å². The van der Waals surface area contributed by atoms with E-state index in [2.05, 4.69) is 6.92 Å². The third-order valence-corrected chi connectivity index (χ3v) is 4.32. The maximum absolute atomic E-state index is 14.7. The highest BCUT2D eigenvalue weighted by Gasteiger charge is 2.31. The molecule has 0 saturated heterocycles. The van der Waals surface area contributed by atoms with E-state index in [0.717, 1.165) is 24.8 Å². The smallest absolute Gasteiger partial charge is 0.135 e. The predicted octanol–water partition coefficient (Wildman–Crippen LogP) is 6.79. The molecule has 0 nitrogen and oxygen atoms in total. The van der Waals surface area contributed by atoms with Gasteiger partial charge in [-0.25, -0.2) is 8.78 Å². The van der Waals surface area contributed by atoms with E-state index in [1.54, 1.807) is 12.2 Å². The quantitative estimate of drug-likeness (QED) is 0.464. The molecule has 0 amide bonds. The Bertz CT molecular complexity index is 516. The molecular formula is C20H26F2. The first-order valence-electron chi connectivity index (χ1n) is 8.47. The molecule has 0 heterocycles. The summed E-state index contributed by atoms with van der Waals surface area (Å²) in [5.74, 6) is -0.331. The van der Waals surface area contributed by atoms with E-state index in [-0.39, 0.29) is 12.2 Å². The second-order valence-electron chi connectivity index (χ2n) is 6.25. The van der Waals surface area contributed by atoms with Crippen molar-refractivity contribution in [3.63, 3.8) is 0 Å². The fourth-order valence-electron chi connectivity index (χ4n) is 2.98. The van der Waals surface area contributed by atoms with E-state index in [9.17, 15) is 8.78 Å². The number of allylic oxidation sites excluding steroid dienone is 4. The monoisotopic (exact) mass is 304 g/mol. The zero-order chi connectivity index (χ0) is 15.8. The number of unbranched alkanes of at least 4 members (excludes halogenated alkanes) is 5. The van der Waals surface area contributed by atoms with Gasteiger partial charge in [-0.15, -0.1) is 0 Å². The Morgan fingerprint density at radius 1 is 1.00 bits per heavy atom. The summed E-state index contributed by atoms with van der Waals surface area (Å²) in [6, 6.07) is 9.36. The third kappa shape index (κ3) is 4.79. The van der Waals surface area contributed by atoms with Crippen LogP contribution in [0.1, 0.15) is 63.9 Å². The molecule has 120 valence electrons. The zero-order valence-corrected chi connectivity index (χ0v) is 13.5. The molecule has 1 aromatic rings. The lowest BCUT2D eigenvalue weighted by Crippen LogP contribution is -2.22. The van der Waals surface area contributed by atoms with Crippen molar-refractivity contribution in [2.24, 2.45) is 0 Å². The Hall–Kier alpha value is -1.44. The zero-order valence-electron chi connectivity index (χ0n) is 13.5. The summed E-state index contributed by atoms with van der Waals surface area (Å²) < 4.78 is 29.0. The van der Waals surface area contributed by atoms with Crippen LogP contribution in [-0.4, -0.2) is 5.67 Å². The average Bonchev–Trinajstić information content (AvgIpc) is 2.52. The van der Waals surface area contributed by atoms with E-state index < -0.39 is 5.67 Å². The van der Waals surface area contributed by atoms with Gasteiger partial charge in [0.25, 0.3) is 0 Å². The minimum atomic E-state index is -1.51. The normalized spacial score (nSPS) is 21.4. The molecule has 1 unspecified atom stereocenters. The number of halogens is 2. The standard InChI is InChI=1S/C20H26F2/c1-2-3-4-5-6-10-14-20(22)15-13-18(19(21)16-20)17-11-8-7-9-12-17/h7-9,11-13,15H,2-6,10,14,16H2,1H3. The molecule has 0 aliphatic heterocycles. The molecule has 2 rings (SSSR count). The number of benzene rings is 1. The topological polar surface area (TPSA) is 0 Å². The highest BCUT2D eigenvalue weighted by atomic mass is 19.1. The van der Waals surface area contributed by atoms with Crippen LogP contribution in [-0.2, 0) is 0 Å². The molecule has 0 N–H and O–H groups in total. The van der Waals surface area contributed by atoms with Crippen LogP contribution in [0.25, 0.3) is 5.57 Å². The average molecular weight is 304 g/mol. The van der Waals surface area contributed by atoms with Crippen molar-refractivity contribution in [3.05, 3.63) is 53.9 Å². The molecular weight excluding hydrogens is 278 g/mol. The fraction of sp³-hybridized carbons (Fsp3) is 0.500. The minimum absolute atomic E-state index is 0.122.